The summed E-state index contributed by atoms with van der Waals surface area (Å²) in [6, 6.07) is 12.4. The third-order valence-electron chi connectivity index (χ3n) is 3.11. The van der Waals surface area contributed by atoms with Crippen LogP contribution in [-0.2, 0) is 6.42 Å². The van der Waals surface area contributed by atoms with Crippen molar-refractivity contribution in [2.45, 2.75) is 6.42 Å². The Morgan fingerprint density at radius 2 is 2.12 bits per heavy atom. The molecular weight excluding hydrogens is 210 g/mol. The molecule has 17 heavy (non-hydrogen) atoms. The molecule has 0 unspecified atom stereocenters. The van der Waals surface area contributed by atoms with Gasteiger partial charge in [-0.3, -0.25) is 0 Å². The monoisotopic (exact) mass is 221 g/mol. The second kappa shape index (κ2) is 3.60. The van der Waals surface area contributed by atoms with Gasteiger partial charge in [0, 0.05) is 19.0 Å². The standard InChI is InChI=1S/C14H11N3/c1-16-14-11(8-15)7-10-6-9-4-2-3-5-12(9)13(10)17-14/h2-5,7H,6H2,1H3,(H,16,17). The summed E-state index contributed by atoms with van der Waals surface area (Å²) >= 11 is 0. The Morgan fingerprint density at radius 1 is 1.29 bits per heavy atom. The number of rotatable bonds is 1. The number of benzene rings is 1. The van der Waals surface area contributed by atoms with E-state index >= 15 is 0 Å². The van der Waals surface area contributed by atoms with Crippen LogP contribution in [0.3, 0.4) is 0 Å². The quantitative estimate of drug-likeness (QED) is 0.687. The molecule has 1 aliphatic carbocycles. The van der Waals surface area contributed by atoms with Crippen molar-refractivity contribution >= 4 is 5.82 Å². The highest BCUT2D eigenvalue weighted by molar-refractivity contribution is 5.76. The van der Waals surface area contributed by atoms with Crippen molar-refractivity contribution in [3.63, 3.8) is 0 Å². The molecule has 1 N–H and O–H groups in total. The van der Waals surface area contributed by atoms with E-state index < -0.39 is 0 Å². The minimum Gasteiger partial charge on any atom is -0.372 e. The number of nitrogens with one attached hydrogen (secondary N) is 1. The number of pyridine rings is 1. The lowest BCUT2D eigenvalue weighted by molar-refractivity contribution is 1.21. The van der Waals surface area contributed by atoms with E-state index in [0.29, 0.717) is 11.4 Å². The average Bonchev–Trinajstić information content (AvgIpc) is 2.74. The van der Waals surface area contributed by atoms with Gasteiger partial charge >= 0.3 is 0 Å². The molecule has 0 spiro atoms. The summed E-state index contributed by atoms with van der Waals surface area (Å²) in [6.45, 7) is 0. The molecule has 0 aliphatic heterocycles. The van der Waals surface area contributed by atoms with Crippen LogP contribution in [0.1, 0.15) is 16.7 Å². The first-order valence-electron chi connectivity index (χ1n) is 5.53. The summed E-state index contributed by atoms with van der Waals surface area (Å²) in [5, 5.41) is 12.0. The van der Waals surface area contributed by atoms with E-state index in [1.54, 1.807) is 7.05 Å². The molecule has 1 aromatic carbocycles. The molecule has 82 valence electrons. The fraction of sp³-hybridized carbons (Fsp3) is 0.143. The SMILES string of the molecule is CNc1nc2c(cc1C#N)Cc1ccccc1-2. The Labute approximate surface area is 99.7 Å². The maximum absolute atomic E-state index is 9.07. The van der Waals surface area contributed by atoms with Gasteiger partial charge in [0.05, 0.1) is 11.3 Å². The molecule has 1 heterocycles. The van der Waals surface area contributed by atoms with E-state index in [1.165, 1.54) is 11.1 Å². The Balaban J connectivity index is 2.25. The van der Waals surface area contributed by atoms with Gasteiger partial charge in [0.25, 0.3) is 0 Å². The molecule has 0 amide bonds. The van der Waals surface area contributed by atoms with E-state index in [2.05, 4.69) is 28.5 Å². The molecule has 0 atom stereocenters. The number of anilines is 1. The summed E-state index contributed by atoms with van der Waals surface area (Å²) in [4.78, 5) is 4.55. The van der Waals surface area contributed by atoms with E-state index in [-0.39, 0.29) is 0 Å². The molecule has 0 bridgehead atoms. The number of aromatic nitrogens is 1. The molecular formula is C14H11N3. The van der Waals surface area contributed by atoms with E-state index in [1.807, 2.05) is 18.2 Å². The van der Waals surface area contributed by atoms with Crippen LogP contribution in [0.4, 0.5) is 5.82 Å². The first-order chi connectivity index (χ1) is 8.33. The third kappa shape index (κ3) is 1.38. The molecule has 0 radical (unpaired) electrons. The van der Waals surface area contributed by atoms with E-state index in [4.69, 9.17) is 5.26 Å². The maximum atomic E-state index is 9.07. The molecule has 1 aliphatic rings. The lowest BCUT2D eigenvalue weighted by atomic mass is 10.1. The van der Waals surface area contributed by atoms with Crippen molar-refractivity contribution in [3.05, 3.63) is 47.0 Å². The van der Waals surface area contributed by atoms with Crippen molar-refractivity contribution in [1.29, 1.82) is 5.26 Å². The Morgan fingerprint density at radius 3 is 2.88 bits per heavy atom. The highest BCUT2D eigenvalue weighted by Crippen LogP contribution is 2.36. The van der Waals surface area contributed by atoms with Crippen molar-refractivity contribution in [3.8, 4) is 17.3 Å². The molecule has 2 aromatic rings. The summed E-state index contributed by atoms with van der Waals surface area (Å²) in [6.07, 6.45) is 0.872. The Kier molecular flexibility index (Phi) is 2.09. The molecule has 0 saturated carbocycles. The minimum atomic E-state index is 0.610. The smallest absolute Gasteiger partial charge is 0.144 e. The number of nitrogens with zero attached hydrogens (tertiary/aromatic N) is 2. The first-order valence-corrected chi connectivity index (χ1v) is 5.53. The van der Waals surface area contributed by atoms with E-state index in [0.717, 1.165) is 17.7 Å². The van der Waals surface area contributed by atoms with Gasteiger partial charge in [-0.15, -0.1) is 0 Å². The predicted molar refractivity (Wildman–Crippen MR) is 66.7 cm³/mol. The summed E-state index contributed by atoms with van der Waals surface area (Å²) < 4.78 is 0. The second-order valence-electron chi connectivity index (χ2n) is 4.09. The second-order valence-corrected chi connectivity index (χ2v) is 4.09. The highest BCUT2D eigenvalue weighted by atomic mass is 15.0. The van der Waals surface area contributed by atoms with Crippen LogP contribution >= 0.6 is 0 Å². The number of nitriles is 1. The highest BCUT2D eigenvalue weighted by Gasteiger charge is 2.21. The Hall–Kier alpha value is -2.34. The summed E-state index contributed by atoms with van der Waals surface area (Å²) in [5.74, 6) is 0.656. The molecule has 0 fully saturated rings. The van der Waals surface area contributed by atoms with Crippen LogP contribution in [-0.4, -0.2) is 12.0 Å². The van der Waals surface area contributed by atoms with Gasteiger partial charge in [-0.1, -0.05) is 24.3 Å². The van der Waals surface area contributed by atoms with Crippen molar-refractivity contribution in [1.82, 2.24) is 4.98 Å². The predicted octanol–water partition coefficient (Wildman–Crippen LogP) is 2.57. The first kappa shape index (κ1) is 9.86. The van der Waals surface area contributed by atoms with Crippen LogP contribution in [0.15, 0.2) is 30.3 Å². The molecule has 1 aromatic heterocycles. The topological polar surface area (TPSA) is 48.7 Å². The third-order valence-corrected chi connectivity index (χ3v) is 3.11. The van der Waals surface area contributed by atoms with Crippen LogP contribution < -0.4 is 5.32 Å². The van der Waals surface area contributed by atoms with Crippen LogP contribution in [0.2, 0.25) is 0 Å². The van der Waals surface area contributed by atoms with Crippen LogP contribution in [0.25, 0.3) is 11.3 Å². The zero-order valence-corrected chi connectivity index (χ0v) is 9.49. The molecule has 3 heteroatoms. The maximum Gasteiger partial charge on any atom is 0.144 e. The lowest BCUT2D eigenvalue weighted by Crippen LogP contribution is -1.98. The summed E-state index contributed by atoms with van der Waals surface area (Å²) in [7, 11) is 1.79. The van der Waals surface area contributed by atoms with Gasteiger partial charge in [-0.25, -0.2) is 4.98 Å². The normalized spacial score (nSPS) is 11.5. The largest absolute Gasteiger partial charge is 0.372 e. The average molecular weight is 221 g/mol. The van der Waals surface area contributed by atoms with Crippen molar-refractivity contribution < 1.29 is 0 Å². The molecule has 0 saturated heterocycles. The Bertz CT molecular complexity index is 638. The number of hydrogen-bond donors (Lipinski definition) is 1. The van der Waals surface area contributed by atoms with Gasteiger partial charge in [0.1, 0.15) is 11.9 Å². The zero-order valence-electron chi connectivity index (χ0n) is 9.49. The number of hydrogen-bond acceptors (Lipinski definition) is 3. The number of fused-ring (bicyclic) bond motifs is 3. The summed E-state index contributed by atoms with van der Waals surface area (Å²) in [5.41, 5.74) is 5.22. The van der Waals surface area contributed by atoms with Crippen LogP contribution in [0.5, 0.6) is 0 Å². The van der Waals surface area contributed by atoms with Crippen LogP contribution in [0, 0.1) is 11.3 Å². The van der Waals surface area contributed by atoms with Gasteiger partial charge in [0.2, 0.25) is 0 Å². The van der Waals surface area contributed by atoms with Crippen molar-refractivity contribution in [2.24, 2.45) is 0 Å². The molecule has 3 rings (SSSR count). The minimum absolute atomic E-state index is 0.610. The molecule has 3 nitrogen and oxygen atoms in total. The van der Waals surface area contributed by atoms with Gasteiger partial charge < -0.3 is 5.32 Å². The zero-order chi connectivity index (χ0) is 11.8. The fourth-order valence-corrected chi connectivity index (χ4v) is 2.31. The van der Waals surface area contributed by atoms with Crippen molar-refractivity contribution in [2.75, 3.05) is 12.4 Å². The van der Waals surface area contributed by atoms with Gasteiger partial charge in [0.15, 0.2) is 0 Å². The van der Waals surface area contributed by atoms with Gasteiger partial charge in [-0.05, 0) is 17.2 Å². The van der Waals surface area contributed by atoms with Gasteiger partial charge in [-0.2, -0.15) is 5.26 Å². The lowest BCUT2D eigenvalue weighted by Gasteiger charge is -2.06. The fourth-order valence-electron chi connectivity index (χ4n) is 2.31. The van der Waals surface area contributed by atoms with E-state index in [9.17, 15) is 0 Å².